The molecule has 2 rings (SSSR count). The zero-order valence-electron chi connectivity index (χ0n) is 8.57. The Morgan fingerprint density at radius 2 is 1.25 bits per heavy atom. The van der Waals surface area contributed by atoms with Crippen LogP contribution in [0.15, 0.2) is 48.8 Å². The summed E-state index contributed by atoms with van der Waals surface area (Å²) >= 11 is 0. The minimum Gasteiger partial charge on any atom is -0.412 e. The molecule has 0 aliphatic heterocycles. The van der Waals surface area contributed by atoms with Crippen LogP contribution in [0.5, 0.6) is 0 Å². The van der Waals surface area contributed by atoms with E-state index in [1.807, 2.05) is 36.4 Å². The van der Waals surface area contributed by atoms with Crippen LogP contribution >= 0.6 is 0 Å². The first kappa shape index (κ1) is 25.3. The molecule has 0 radical (unpaired) electrons. The second kappa shape index (κ2) is 20.8. The number of aromatic nitrogens is 1. The van der Waals surface area contributed by atoms with E-state index in [0.717, 1.165) is 0 Å². The maximum Gasteiger partial charge on any atom is 2.00 e. The van der Waals surface area contributed by atoms with Crippen LogP contribution in [0.4, 0.5) is 0 Å². The Hall–Kier alpha value is 0.394. The van der Waals surface area contributed by atoms with Crippen LogP contribution in [0.25, 0.3) is 0 Å². The van der Waals surface area contributed by atoms with E-state index in [1.165, 1.54) is 0 Å². The van der Waals surface area contributed by atoms with E-state index in [1.54, 1.807) is 12.4 Å². The number of hydrogen-bond acceptors (Lipinski definition) is 1. The summed E-state index contributed by atoms with van der Waals surface area (Å²) in [5.41, 5.74) is 0. The molecule has 1 aromatic heterocycles. The fourth-order valence-corrected chi connectivity index (χ4v) is 0.581. The molecule has 2 aromatic rings. The van der Waals surface area contributed by atoms with E-state index in [4.69, 9.17) is 0 Å². The molecule has 5 heteroatoms. The first-order chi connectivity index (χ1) is 6.00. The molecule has 0 bridgehead atoms. The Morgan fingerprint density at radius 3 is 1.38 bits per heavy atom. The largest absolute Gasteiger partial charge is 2.00 e. The Balaban J connectivity index is -0.0000000720. The van der Waals surface area contributed by atoms with Gasteiger partial charge in [0, 0.05) is 31.1 Å². The van der Waals surface area contributed by atoms with Gasteiger partial charge in [0.1, 0.15) is 0 Å². The van der Waals surface area contributed by atoms with Crippen LogP contribution in [0.3, 0.4) is 0 Å². The van der Waals surface area contributed by atoms with Gasteiger partial charge >= 0.3 is 31.1 Å². The SMILES string of the molecule is O.O.[U+2].[U].[c-]1cc[c-]cc1.[c-]1cccnc1. The van der Waals surface area contributed by atoms with Crippen LogP contribution in [0, 0.1) is 80.4 Å². The first-order valence-electron chi connectivity index (χ1n) is 3.58. The molecule has 0 spiro atoms. The maximum absolute atomic E-state index is 3.73. The molecule has 0 aliphatic carbocycles. The summed E-state index contributed by atoms with van der Waals surface area (Å²) in [6.07, 6.45) is 3.34. The fraction of sp³-hybridized carbons (Fsp3) is 0. The summed E-state index contributed by atoms with van der Waals surface area (Å²) in [4.78, 5) is 3.73. The number of hydrogen-bond donors (Lipinski definition) is 0. The smallest absolute Gasteiger partial charge is 0.412 e. The molecule has 82 valence electrons. The van der Waals surface area contributed by atoms with Crippen molar-refractivity contribution in [1.29, 1.82) is 0 Å². The van der Waals surface area contributed by atoms with E-state index in [2.05, 4.69) is 23.2 Å². The van der Waals surface area contributed by atoms with Crippen molar-refractivity contribution in [2.45, 2.75) is 0 Å². The van der Waals surface area contributed by atoms with Gasteiger partial charge in [0.25, 0.3) is 0 Å². The molecule has 3 nitrogen and oxygen atoms in total. The number of rotatable bonds is 0. The van der Waals surface area contributed by atoms with Crippen molar-refractivity contribution in [3.63, 3.8) is 0 Å². The van der Waals surface area contributed by atoms with Crippen LogP contribution in [-0.2, 0) is 0 Å². The van der Waals surface area contributed by atoms with Crippen molar-refractivity contribution in [3.8, 4) is 0 Å². The van der Waals surface area contributed by atoms with E-state index in [9.17, 15) is 0 Å². The Morgan fingerprint density at radius 1 is 0.750 bits per heavy atom. The monoisotopic (exact) mass is 666 g/mol. The van der Waals surface area contributed by atoms with Crippen LogP contribution in [0.1, 0.15) is 0 Å². The number of nitrogens with zero attached hydrogens (tertiary/aromatic N) is 1. The summed E-state index contributed by atoms with van der Waals surface area (Å²) in [6, 6.07) is 19.4. The van der Waals surface area contributed by atoms with Gasteiger partial charge in [-0.3, -0.25) is 24.3 Å². The summed E-state index contributed by atoms with van der Waals surface area (Å²) in [7, 11) is 0. The van der Waals surface area contributed by atoms with Crippen molar-refractivity contribution in [3.05, 3.63) is 67.0 Å². The van der Waals surface area contributed by atoms with Gasteiger partial charge in [-0.2, -0.15) is 6.07 Å². The first-order valence-corrected chi connectivity index (χ1v) is 3.58. The van der Waals surface area contributed by atoms with E-state index in [0.29, 0.717) is 0 Å². The molecule has 4 N–H and O–H groups in total. The minimum absolute atomic E-state index is 0. The summed E-state index contributed by atoms with van der Waals surface area (Å²) < 4.78 is 0. The molecule has 0 saturated heterocycles. The average molecular weight is 666 g/mol. The normalized spacial score (nSPS) is 6.00. The third-order valence-corrected chi connectivity index (χ3v) is 1.07. The van der Waals surface area contributed by atoms with Crippen molar-refractivity contribution < 1.29 is 73.2 Å². The predicted octanol–water partition coefficient (Wildman–Crippen LogP) is 0.519. The molecule has 0 atom stereocenters. The van der Waals surface area contributed by atoms with Crippen LogP contribution < -0.4 is 0 Å². The molecular weight excluding hydrogens is 654 g/mol. The average Bonchev–Trinajstić information content (AvgIpc) is 2.24. The number of pyridine rings is 1. The van der Waals surface area contributed by atoms with Gasteiger partial charge in [-0.05, 0) is 0 Å². The van der Waals surface area contributed by atoms with Gasteiger partial charge in [-0.25, -0.2) is 12.1 Å². The van der Waals surface area contributed by atoms with Gasteiger partial charge in [0.15, 0.2) is 0 Å². The summed E-state index contributed by atoms with van der Waals surface area (Å²) in [6.45, 7) is 0. The molecule has 0 aliphatic rings. The second-order valence-corrected chi connectivity index (χ2v) is 1.95. The Labute approximate surface area is 143 Å². The van der Waals surface area contributed by atoms with Crippen LogP contribution in [-0.4, -0.2) is 15.9 Å². The van der Waals surface area contributed by atoms with Gasteiger partial charge in [0.05, 0.1) is 0 Å². The molecule has 0 unspecified atom stereocenters. The fourth-order valence-electron chi connectivity index (χ4n) is 0.581. The molecule has 0 fully saturated rings. The zero-order chi connectivity index (χ0) is 8.49. The summed E-state index contributed by atoms with van der Waals surface area (Å²) in [5, 5.41) is 0. The van der Waals surface area contributed by atoms with Crippen molar-refractivity contribution in [2.75, 3.05) is 0 Å². The molecular formula is C11H12NO2U2-. The van der Waals surface area contributed by atoms with E-state index < -0.39 is 0 Å². The third-order valence-electron chi connectivity index (χ3n) is 1.07. The molecule has 1 heterocycles. The number of benzene rings is 1. The molecule has 0 amide bonds. The van der Waals surface area contributed by atoms with Crippen molar-refractivity contribution in [1.82, 2.24) is 4.98 Å². The van der Waals surface area contributed by atoms with Crippen LogP contribution in [0.2, 0.25) is 0 Å². The predicted molar refractivity (Wildman–Crippen MR) is 54.4 cm³/mol. The minimum atomic E-state index is 0. The quantitative estimate of drug-likeness (QED) is 0.379. The Bertz CT molecular complexity index is 197. The topological polar surface area (TPSA) is 75.9 Å². The molecule has 0 saturated carbocycles. The van der Waals surface area contributed by atoms with E-state index >= 15 is 0 Å². The van der Waals surface area contributed by atoms with Crippen molar-refractivity contribution >= 4 is 0 Å². The second-order valence-electron chi connectivity index (χ2n) is 1.95. The zero-order valence-corrected chi connectivity index (χ0v) is 16.9. The molecule has 1 aromatic carbocycles. The standard InChI is InChI=1S/C6H4.C5H4N.2H2O.2U/c2*1-2-4-6-5-3-1;;;;/h1-2,5-6H;1-2,4-5H;2*1H2;;/q-2;-1;;;;+2. The van der Waals surface area contributed by atoms with E-state index in [-0.39, 0.29) is 73.2 Å². The van der Waals surface area contributed by atoms with Gasteiger partial charge < -0.3 is 28.1 Å². The van der Waals surface area contributed by atoms with Gasteiger partial charge in [-0.1, -0.05) is 12.4 Å². The van der Waals surface area contributed by atoms with Crippen molar-refractivity contribution in [2.24, 2.45) is 0 Å². The third kappa shape index (κ3) is 16.8. The maximum atomic E-state index is 3.73. The van der Waals surface area contributed by atoms with Gasteiger partial charge in [-0.15, -0.1) is 0 Å². The van der Waals surface area contributed by atoms with Gasteiger partial charge in [0.2, 0.25) is 0 Å². The Kier molecular flexibility index (Phi) is 32.8. The summed E-state index contributed by atoms with van der Waals surface area (Å²) in [5.74, 6) is 0. The molecule has 16 heavy (non-hydrogen) atoms.